The maximum Gasteiger partial charge on any atom is 0.479 e. The van der Waals surface area contributed by atoms with Gasteiger partial charge in [-0.3, -0.25) is 0 Å². The Morgan fingerprint density at radius 2 is 1.73 bits per heavy atom. The summed E-state index contributed by atoms with van der Waals surface area (Å²) in [5, 5.41) is 20.5. The van der Waals surface area contributed by atoms with E-state index in [0.29, 0.717) is 13.0 Å². The molecule has 0 bridgehead atoms. The summed E-state index contributed by atoms with van der Waals surface area (Å²) in [6.45, 7) is 12.6. The van der Waals surface area contributed by atoms with Crippen molar-refractivity contribution in [2.45, 2.75) is 84.1 Å². The summed E-state index contributed by atoms with van der Waals surface area (Å²) in [5.41, 5.74) is -2.65. The van der Waals surface area contributed by atoms with Gasteiger partial charge in [0.25, 0.3) is 0 Å². The lowest BCUT2D eigenvalue weighted by atomic mass is 9.74. The van der Waals surface area contributed by atoms with E-state index in [1.165, 1.54) is 4.90 Å². The van der Waals surface area contributed by atoms with E-state index in [-0.39, 0.29) is 0 Å². The number of nitrogens with zero attached hydrogens (tertiary/aromatic N) is 1. The molecule has 2 N–H and O–H groups in total. The Morgan fingerprint density at radius 3 is 2.18 bits per heavy atom. The molecule has 0 aromatic heterocycles. The molecule has 0 saturated carbocycles. The number of rotatable bonds is 4. The zero-order valence-electron chi connectivity index (χ0n) is 14.8. The molecule has 1 aliphatic rings. The van der Waals surface area contributed by atoms with E-state index >= 15 is 0 Å². The maximum absolute atomic E-state index is 12.2. The van der Waals surface area contributed by atoms with Crippen LogP contribution in [0.5, 0.6) is 0 Å². The van der Waals surface area contributed by atoms with Crippen molar-refractivity contribution in [3.8, 4) is 0 Å². The molecule has 1 atom stereocenters. The summed E-state index contributed by atoms with van der Waals surface area (Å²) >= 11 is 0. The van der Waals surface area contributed by atoms with Gasteiger partial charge < -0.3 is 24.4 Å². The van der Waals surface area contributed by atoms with Crippen LogP contribution in [-0.4, -0.2) is 57.5 Å². The van der Waals surface area contributed by atoms with Crippen LogP contribution in [0.4, 0.5) is 4.79 Å². The fourth-order valence-electron chi connectivity index (χ4n) is 2.16. The second-order valence-electron chi connectivity index (χ2n) is 7.96. The topological polar surface area (TPSA) is 79.2 Å². The van der Waals surface area contributed by atoms with Crippen molar-refractivity contribution in [3.05, 3.63) is 0 Å². The Balaban J connectivity index is 2.76. The number of hydrogen-bond donors (Lipinski definition) is 2. The highest BCUT2D eigenvalue weighted by molar-refractivity contribution is 6.45. The van der Waals surface area contributed by atoms with Crippen LogP contribution in [0, 0.1) is 0 Å². The molecule has 0 spiro atoms. The third kappa shape index (κ3) is 4.86. The second kappa shape index (κ2) is 6.38. The van der Waals surface area contributed by atoms with E-state index in [1.54, 1.807) is 48.5 Å². The summed E-state index contributed by atoms with van der Waals surface area (Å²) in [6.07, 6.45) is 0.981. The first kappa shape index (κ1) is 19.3. The Morgan fingerprint density at radius 1 is 1.18 bits per heavy atom. The molecule has 0 aliphatic carbocycles. The number of hydrogen-bond acceptors (Lipinski definition) is 5. The van der Waals surface area contributed by atoms with Crippen molar-refractivity contribution in [3.63, 3.8) is 0 Å². The van der Waals surface area contributed by atoms with Crippen LogP contribution in [0.1, 0.15) is 61.3 Å². The molecule has 6 nitrogen and oxygen atoms in total. The maximum atomic E-state index is 12.2. The third-order valence-electron chi connectivity index (χ3n) is 4.15. The highest BCUT2D eigenvalue weighted by Crippen LogP contribution is 2.29. The zero-order chi connectivity index (χ0) is 17.3. The van der Waals surface area contributed by atoms with Crippen molar-refractivity contribution in [1.29, 1.82) is 0 Å². The zero-order valence-corrected chi connectivity index (χ0v) is 14.8. The van der Waals surface area contributed by atoms with Crippen molar-refractivity contribution in [2.75, 3.05) is 6.54 Å². The summed E-state index contributed by atoms with van der Waals surface area (Å²) in [6, 6.07) is 0. The molecule has 0 unspecified atom stereocenters. The number of amides is 1. The number of ether oxygens (including phenoxy) is 1. The Labute approximate surface area is 133 Å². The lowest BCUT2D eigenvalue weighted by Gasteiger charge is -2.40. The van der Waals surface area contributed by atoms with E-state index in [1.807, 2.05) is 0 Å². The lowest BCUT2D eigenvalue weighted by molar-refractivity contribution is -0.102. The smallest absolute Gasteiger partial charge is 0.444 e. The van der Waals surface area contributed by atoms with Gasteiger partial charge in [0.1, 0.15) is 5.60 Å². The monoisotopic (exact) mass is 315 g/mol. The Kier molecular flexibility index (Phi) is 5.58. The highest BCUT2D eigenvalue weighted by Gasteiger charge is 2.46. The number of likely N-dealkylation sites (tertiary alicyclic amines) is 1. The normalized spacial score (nSPS) is 20.2. The third-order valence-corrected chi connectivity index (χ3v) is 4.15. The average molecular weight is 315 g/mol. The van der Waals surface area contributed by atoms with Crippen LogP contribution in [-0.2, 0) is 9.39 Å². The van der Waals surface area contributed by atoms with Crippen molar-refractivity contribution >= 4 is 13.2 Å². The molecule has 1 rings (SSSR count). The number of carbonyl (C=O) groups excluding carboxylic acids is 1. The van der Waals surface area contributed by atoms with Crippen molar-refractivity contribution in [2.24, 2.45) is 0 Å². The van der Waals surface area contributed by atoms with Crippen LogP contribution in [0.25, 0.3) is 0 Å². The van der Waals surface area contributed by atoms with Crippen LogP contribution in [0.3, 0.4) is 0 Å². The van der Waals surface area contributed by atoms with E-state index in [2.05, 4.69) is 0 Å². The summed E-state index contributed by atoms with van der Waals surface area (Å²) in [7, 11) is -1.17. The number of carbonyl (C=O) groups is 1. The van der Waals surface area contributed by atoms with Gasteiger partial charge in [0.15, 0.2) is 0 Å². The molecule has 1 heterocycles. The van der Waals surface area contributed by atoms with E-state index in [0.717, 1.165) is 6.42 Å². The second-order valence-corrected chi connectivity index (χ2v) is 7.96. The van der Waals surface area contributed by atoms with Crippen molar-refractivity contribution < 1.29 is 24.3 Å². The molecule has 128 valence electrons. The molecule has 22 heavy (non-hydrogen) atoms. The quantitative estimate of drug-likeness (QED) is 0.776. The van der Waals surface area contributed by atoms with Crippen molar-refractivity contribution in [1.82, 2.24) is 4.90 Å². The molecular weight excluding hydrogens is 285 g/mol. The lowest BCUT2D eigenvalue weighted by Crippen LogP contribution is -2.56. The molecule has 1 aliphatic heterocycles. The highest BCUT2D eigenvalue weighted by atomic mass is 16.6. The van der Waals surface area contributed by atoms with Gasteiger partial charge in [0.2, 0.25) is 0 Å². The van der Waals surface area contributed by atoms with Gasteiger partial charge in [0, 0.05) is 6.54 Å². The predicted molar refractivity (Wildman–Crippen MR) is 85.4 cm³/mol. The van der Waals surface area contributed by atoms with Gasteiger partial charge in [-0.15, -0.1) is 0 Å². The van der Waals surface area contributed by atoms with Crippen LogP contribution < -0.4 is 0 Å². The first-order valence-corrected chi connectivity index (χ1v) is 7.82. The van der Waals surface area contributed by atoms with E-state index < -0.39 is 36.0 Å². The Hall–Kier alpha value is -0.785. The average Bonchev–Trinajstić information content (AvgIpc) is 2.72. The summed E-state index contributed by atoms with van der Waals surface area (Å²) in [5.74, 6) is -0.462. The SMILES string of the molecule is CC(C)(C)OC(=O)N1CCC[C@@H]1B(O)OC(C)(C)C(C)(C)O. The fraction of sp³-hybridized carbons (Fsp3) is 0.933. The molecule has 0 radical (unpaired) electrons. The van der Waals surface area contributed by atoms with Gasteiger partial charge >= 0.3 is 13.2 Å². The minimum atomic E-state index is -1.17. The molecule has 1 saturated heterocycles. The van der Waals surface area contributed by atoms with Crippen LogP contribution in [0.2, 0.25) is 0 Å². The van der Waals surface area contributed by atoms with Gasteiger partial charge in [0.05, 0.1) is 17.1 Å². The predicted octanol–water partition coefficient (Wildman–Crippen LogP) is 1.97. The number of aliphatic hydroxyl groups is 1. The van der Waals surface area contributed by atoms with Crippen LogP contribution in [0.15, 0.2) is 0 Å². The van der Waals surface area contributed by atoms with Gasteiger partial charge in [-0.05, 0) is 61.3 Å². The molecule has 0 aromatic carbocycles. The first-order valence-electron chi connectivity index (χ1n) is 7.82. The van der Waals surface area contributed by atoms with Gasteiger partial charge in [-0.2, -0.15) is 0 Å². The Bertz CT molecular complexity index is 400. The minimum Gasteiger partial charge on any atom is -0.444 e. The first-order chi connectivity index (χ1) is 9.74. The molecule has 1 amide bonds. The molecule has 1 fully saturated rings. The van der Waals surface area contributed by atoms with Gasteiger partial charge in [-0.25, -0.2) is 4.79 Å². The van der Waals surface area contributed by atoms with E-state index in [9.17, 15) is 14.9 Å². The van der Waals surface area contributed by atoms with Gasteiger partial charge in [-0.1, -0.05) is 0 Å². The standard InChI is InChI=1S/C15H30BNO5/c1-13(2,3)21-12(18)17-10-8-9-11(17)16(20)22-15(6,7)14(4,5)19/h11,19-20H,8-10H2,1-7H3/t11-/m1/s1. The molecular formula is C15H30BNO5. The largest absolute Gasteiger partial charge is 0.479 e. The minimum absolute atomic E-state index is 0.446. The molecule has 0 aromatic rings. The summed E-state index contributed by atoms with van der Waals surface area (Å²) < 4.78 is 11.0. The fourth-order valence-corrected chi connectivity index (χ4v) is 2.16. The summed E-state index contributed by atoms with van der Waals surface area (Å²) in [4.78, 5) is 13.7. The van der Waals surface area contributed by atoms with Crippen LogP contribution >= 0.6 is 0 Å². The van der Waals surface area contributed by atoms with E-state index in [4.69, 9.17) is 9.39 Å². The molecule has 7 heteroatoms.